The van der Waals surface area contributed by atoms with Crippen LogP contribution in [-0.2, 0) is 36.6 Å². The number of para-hydroxylation sites is 1. The van der Waals surface area contributed by atoms with Gasteiger partial charge in [-0.05, 0) is 54.2 Å². The number of nitrogens with one attached hydrogen (secondary N) is 1. The zero-order valence-electron chi connectivity index (χ0n) is 33.0. The Morgan fingerprint density at radius 1 is 0.929 bits per heavy atom. The lowest BCUT2D eigenvalue weighted by Gasteiger charge is -2.33. The second-order valence-corrected chi connectivity index (χ2v) is 14.8. The van der Waals surface area contributed by atoms with Crippen molar-refractivity contribution in [2.45, 2.75) is 115 Å². The summed E-state index contributed by atoms with van der Waals surface area (Å²) in [7, 11) is 1.60. The molecule has 5 rings (SSSR count). The van der Waals surface area contributed by atoms with Crippen molar-refractivity contribution in [3.8, 4) is 5.75 Å². The second kappa shape index (κ2) is 20.9. The number of benzene rings is 3. The first-order valence-electron chi connectivity index (χ1n) is 20.2. The Morgan fingerprint density at radius 3 is 2.30 bits per heavy atom. The number of hydrogen-bond donors (Lipinski definition) is 3. The summed E-state index contributed by atoms with van der Waals surface area (Å²) in [5, 5.41) is 22.4. The van der Waals surface area contributed by atoms with Crippen LogP contribution in [0.5, 0.6) is 5.75 Å². The van der Waals surface area contributed by atoms with Gasteiger partial charge in [-0.3, -0.25) is 9.59 Å². The Morgan fingerprint density at radius 2 is 1.61 bits per heavy atom. The van der Waals surface area contributed by atoms with Crippen LogP contribution < -0.4 is 5.32 Å². The number of phenolic OH excluding ortho intramolecular Hbond substituents is 1. The number of carbonyl (C=O) groups is 3. The zero-order chi connectivity index (χ0) is 39.9. The summed E-state index contributed by atoms with van der Waals surface area (Å²) in [6, 6.07) is 22.9. The lowest BCUT2D eigenvalue weighted by Crippen LogP contribution is -2.51. The predicted octanol–water partition coefficient (Wildman–Crippen LogP) is 7.32. The number of likely N-dealkylation sites (N-methyl/N-ethyl adjacent to an activating group) is 1. The molecule has 1 saturated heterocycles. The third-order valence-corrected chi connectivity index (χ3v) is 10.6. The van der Waals surface area contributed by atoms with Crippen molar-refractivity contribution in [2.24, 2.45) is 0 Å². The maximum atomic E-state index is 14.5. The predicted molar refractivity (Wildman–Crippen MR) is 217 cm³/mol. The van der Waals surface area contributed by atoms with Crippen LogP contribution in [0.3, 0.4) is 0 Å². The molecule has 4 atom stereocenters. The average Bonchev–Trinajstić information content (AvgIpc) is 3.58. The summed E-state index contributed by atoms with van der Waals surface area (Å²) < 4.78 is 20.0. The molecule has 300 valence electrons. The van der Waals surface area contributed by atoms with Gasteiger partial charge in [-0.15, -0.1) is 0 Å². The number of allylic oxidation sites excluding steroid dienone is 1. The maximum Gasteiger partial charge on any atom is 0.339 e. The Bertz CT molecular complexity index is 1800. The van der Waals surface area contributed by atoms with Crippen molar-refractivity contribution in [3.63, 3.8) is 0 Å². The molecule has 2 aliphatic rings. The molecule has 0 radical (unpaired) electrons. The summed E-state index contributed by atoms with van der Waals surface area (Å²) in [5.74, 6) is -1.99. The minimum Gasteiger partial charge on any atom is -0.508 e. The highest BCUT2D eigenvalue weighted by molar-refractivity contribution is 5.98. The first-order valence-corrected chi connectivity index (χ1v) is 20.2. The summed E-state index contributed by atoms with van der Waals surface area (Å²) >= 11 is 0. The fourth-order valence-electron chi connectivity index (χ4n) is 7.52. The number of amides is 2. The molecule has 10 nitrogen and oxygen atoms in total. The molecule has 3 N–H and O–H groups in total. The summed E-state index contributed by atoms with van der Waals surface area (Å²) in [6.45, 7) is 4.14. The van der Waals surface area contributed by atoms with Crippen LogP contribution >= 0.6 is 0 Å². The molecule has 1 aliphatic heterocycles. The van der Waals surface area contributed by atoms with E-state index in [2.05, 4.69) is 19.2 Å². The molecule has 0 spiro atoms. The van der Waals surface area contributed by atoms with Gasteiger partial charge in [-0.25, -0.2) is 4.79 Å². The number of rotatable bonds is 20. The van der Waals surface area contributed by atoms with E-state index in [-0.39, 0.29) is 43.6 Å². The molecule has 1 aliphatic carbocycles. The van der Waals surface area contributed by atoms with E-state index in [0.717, 1.165) is 49.7 Å². The minimum absolute atomic E-state index is 0.0609. The molecule has 2 amide bonds. The Hall–Kier alpha value is -4.77. The molecule has 0 unspecified atom stereocenters. The first-order chi connectivity index (χ1) is 27.2. The highest BCUT2D eigenvalue weighted by Gasteiger charge is 2.52. The third-order valence-electron chi connectivity index (χ3n) is 10.6. The molecule has 3 aromatic carbocycles. The number of aliphatic hydroxyl groups excluding tert-OH is 1. The van der Waals surface area contributed by atoms with Gasteiger partial charge in [0.25, 0.3) is 0 Å². The summed E-state index contributed by atoms with van der Waals surface area (Å²) in [6.07, 6.45) is 11.5. The van der Waals surface area contributed by atoms with Crippen molar-refractivity contribution >= 4 is 23.9 Å². The van der Waals surface area contributed by atoms with E-state index >= 15 is 0 Å². The average molecular weight is 767 g/mol. The van der Waals surface area contributed by atoms with Crippen molar-refractivity contribution < 1.29 is 38.8 Å². The van der Waals surface area contributed by atoms with Gasteiger partial charge in [-0.1, -0.05) is 118 Å². The molecule has 1 heterocycles. The standard InChI is InChI=1S/C46H58N2O8/c1-4-6-15-26-46(27-16-7-5-2)55-41-32-36(44(52)48(3)38(43(51)47-28-29-49)30-33-18-9-8-10-19-33)31-40(42(41)56-46)54-45(53)37-24-13-11-20-34(37)22-17-23-35-21-12-14-25-39(35)50/h8-14,17-22,24-25,32,38,40-42,49-50H,4-7,15-16,23,26-31H2,1-3H3,(H,47,51)/t38-,40-,41-,42+/m1/s1. The first kappa shape index (κ1) is 42.4. The van der Waals surface area contributed by atoms with E-state index in [4.69, 9.17) is 14.2 Å². The summed E-state index contributed by atoms with van der Waals surface area (Å²) in [5.41, 5.74) is 3.03. The van der Waals surface area contributed by atoms with E-state index in [1.54, 1.807) is 37.4 Å². The van der Waals surface area contributed by atoms with E-state index < -0.39 is 36.1 Å². The molecular weight excluding hydrogens is 709 g/mol. The molecule has 0 aromatic heterocycles. The molecule has 0 saturated carbocycles. The SMILES string of the molecule is CCCCCC1(CCCCC)O[C@@H]2[C@@H](C=C(C(=O)N(C)[C@H](Cc3ccccc3)C(=O)NCCO)C[C@H]2OC(=O)c2ccccc2C=CCc2ccccc2O)O1. The van der Waals surface area contributed by atoms with Gasteiger partial charge in [0.05, 0.1) is 12.2 Å². The van der Waals surface area contributed by atoms with Crippen molar-refractivity contribution in [2.75, 3.05) is 20.2 Å². The number of unbranched alkanes of at least 4 members (excludes halogenated alkanes) is 4. The second-order valence-electron chi connectivity index (χ2n) is 14.8. The lowest BCUT2D eigenvalue weighted by atomic mass is 9.90. The van der Waals surface area contributed by atoms with Crippen LogP contribution in [-0.4, -0.2) is 83.2 Å². The molecule has 10 heteroatoms. The summed E-state index contributed by atoms with van der Waals surface area (Å²) in [4.78, 5) is 43.5. The van der Waals surface area contributed by atoms with Gasteiger partial charge in [0.1, 0.15) is 30.1 Å². The topological polar surface area (TPSA) is 135 Å². The van der Waals surface area contributed by atoms with Gasteiger partial charge >= 0.3 is 5.97 Å². The van der Waals surface area contributed by atoms with Gasteiger partial charge in [0.2, 0.25) is 11.8 Å². The van der Waals surface area contributed by atoms with Gasteiger partial charge in [0, 0.05) is 44.8 Å². The minimum atomic E-state index is -0.880. The number of esters is 1. The van der Waals surface area contributed by atoms with E-state index in [9.17, 15) is 24.6 Å². The number of carbonyl (C=O) groups excluding carboxylic acids is 3. The fraction of sp³-hybridized carbons (Fsp3) is 0.457. The number of nitrogens with zero attached hydrogens (tertiary/aromatic N) is 1. The number of hydrogen-bond acceptors (Lipinski definition) is 8. The normalized spacial score (nSPS) is 19.2. The molecular formula is C46H58N2O8. The number of aromatic hydroxyl groups is 1. The van der Waals surface area contributed by atoms with Gasteiger partial charge < -0.3 is 34.6 Å². The molecule has 56 heavy (non-hydrogen) atoms. The van der Waals surface area contributed by atoms with Gasteiger partial charge in [-0.2, -0.15) is 0 Å². The van der Waals surface area contributed by atoms with Crippen LogP contribution in [0.25, 0.3) is 6.08 Å². The van der Waals surface area contributed by atoms with E-state index in [1.807, 2.05) is 66.7 Å². The quantitative estimate of drug-likeness (QED) is 0.0805. The largest absolute Gasteiger partial charge is 0.508 e. The van der Waals surface area contributed by atoms with Gasteiger partial charge in [0.15, 0.2) is 5.79 Å². The number of fused-ring (bicyclic) bond motifs is 1. The van der Waals surface area contributed by atoms with Crippen LogP contribution in [0.15, 0.2) is 96.6 Å². The third kappa shape index (κ3) is 11.2. The maximum absolute atomic E-state index is 14.5. The van der Waals surface area contributed by atoms with Crippen molar-refractivity contribution in [3.05, 3.63) is 119 Å². The molecule has 1 fully saturated rings. The number of phenols is 1. The smallest absolute Gasteiger partial charge is 0.339 e. The van der Waals surface area contributed by atoms with Crippen LogP contribution in [0.2, 0.25) is 0 Å². The zero-order valence-corrected chi connectivity index (χ0v) is 33.0. The van der Waals surface area contributed by atoms with Crippen molar-refractivity contribution in [1.82, 2.24) is 10.2 Å². The monoisotopic (exact) mass is 766 g/mol. The van der Waals surface area contributed by atoms with E-state index in [0.29, 0.717) is 36.0 Å². The molecule has 0 bridgehead atoms. The van der Waals surface area contributed by atoms with Crippen molar-refractivity contribution in [1.29, 1.82) is 0 Å². The highest BCUT2D eigenvalue weighted by atomic mass is 16.8. The number of aliphatic hydroxyl groups is 1. The Balaban J connectivity index is 1.44. The Labute approximate surface area is 331 Å². The van der Waals surface area contributed by atoms with E-state index in [1.165, 1.54) is 4.90 Å². The number of ether oxygens (including phenoxy) is 3. The fourth-order valence-corrected chi connectivity index (χ4v) is 7.52. The lowest BCUT2D eigenvalue weighted by molar-refractivity contribution is -0.190. The van der Waals surface area contributed by atoms with Crippen LogP contribution in [0.1, 0.15) is 98.7 Å². The highest BCUT2D eigenvalue weighted by Crippen LogP contribution is 2.43. The molecule has 3 aromatic rings. The van der Waals surface area contributed by atoms with Crippen LogP contribution in [0, 0.1) is 0 Å². The Kier molecular flexibility index (Phi) is 15.9. The van der Waals surface area contributed by atoms with Crippen LogP contribution in [0.4, 0.5) is 0 Å².